The molecule has 0 radical (unpaired) electrons. The van der Waals surface area contributed by atoms with E-state index in [0.717, 1.165) is 43.7 Å². The summed E-state index contributed by atoms with van der Waals surface area (Å²) in [6.45, 7) is 6.31. The lowest BCUT2D eigenvalue weighted by molar-refractivity contribution is -0.123. The number of para-hydroxylation sites is 1. The van der Waals surface area contributed by atoms with Crippen LogP contribution in [0.2, 0.25) is 0 Å². The molecule has 188 valence electrons. The largest absolute Gasteiger partial charge is 0.496 e. The van der Waals surface area contributed by atoms with Crippen molar-refractivity contribution < 1.29 is 17.9 Å². The average Bonchev–Trinajstić information content (AvgIpc) is 3.49. The van der Waals surface area contributed by atoms with E-state index in [1.807, 2.05) is 38.1 Å². The molecule has 2 N–H and O–H groups in total. The number of nitrogens with one attached hydrogen (secondary N) is 2. The Morgan fingerprint density at radius 1 is 1.14 bits per heavy atom. The molecule has 3 atom stereocenters. The van der Waals surface area contributed by atoms with Gasteiger partial charge in [0.25, 0.3) is 10.0 Å². The molecule has 2 aromatic rings. The summed E-state index contributed by atoms with van der Waals surface area (Å²) in [5.41, 5.74) is 1.54. The molecule has 2 aliphatic rings. The molecule has 2 aromatic carbocycles. The average molecular weight is 499 g/mol. The highest BCUT2D eigenvalue weighted by molar-refractivity contribution is 7.90. The Morgan fingerprint density at radius 3 is 2.54 bits per heavy atom. The van der Waals surface area contributed by atoms with Crippen molar-refractivity contribution in [2.24, 2.45) is 10.9 Å². The Labute approximate surface area is 207 Å². The van der Waals surface area contributed by atoms with E-state index in [4.69, 9.17) is 4.74 Å². The maximum Gasteiger partial charge on any atom is 0.263 e. The van der Waals surface area contributed by atoms with Gasteiger partial charge >= 0.3 is 0 Å². The van der Waals surface area contributed by atoms with Gasteiger partial charge in [0, 0.05) is 17.7 Å². The first-order chi connectivity index (χ1) is 16.9. The highest BCUT2D eigenvalue weighted by Gasteiger charge is 2.34. The van der Waals surface area contributed by atoms with Gasteiger partial charge in [0.2, 0.25) is 5.91 Å². The number of amides is 1. The van der Waals surface area contributed by atoms with Crippen LogP contribution in [0.5, 0.6) is 5.75 Å². The summed E-state index contributed by atoms with van der Waals surface area (Å²) in [5.74, 6) is 0.738. The third-order valence-corrected chi connectivity index (χ3v) is 8.33. The van der Waals surface area contributed by atoms with Crippen molar-refractivity contribution in [1.82, 2.24) is 14.9 Å². The van der Waals surface area contributed by atoms with Gasteiger partial charge in [0.1, 0.15) is 17.6 Å². The van der Waals surface area contributed by atoms with E-state index in [1.165, 1.54) is 0 Å². The Hall–Kier alpha value is -2.91. The van der Waals surface area contributed by atoms with Crippen molar-refractivity contribution in [2.75, 3.05) is 26.7 Å². The molecule has 2 aliphatic heterocycles. The van der Waals surface area contributed by atoms with E-state index in [2.05, 4.69) is 19.9 Å². The number of sulfonamides is 1. The Kier molecular flexibility index (Phi) is 7.76. The number of carbonyl (C=O) groups is 1. The predicted octanol–water partition coefficient (Wildman–Crippen LogP) is 3.10. The lowest BCUT2D eigenvalue weighted by Crippen LogP contribution is -2.43. The highest BCUT2D eigenvalue weighted by atomic mass is 32.2. The van der Waals surface area contributed by atoms with Gasteiger partial charge in [-0.3, -0.25) is 19.4 Å². The molecule has 1 fully saturated rings. The van der Waals surface area contributed by atoms with Crippen LogP contribution in [-0.4, -0.2) is 57.8 Å². The van der Waals surface area contributed by atoms with Crippen LogP contribution in [0.1, 0.15) is 50.3 Å². The van der Waals surface area contributed by atoms with Crippen molar-refractivity contribution in [3.05, 3.63) is 59.7 Å². The van der Waals surface area contributed by atoms with Crippen molar-refractivity contribution in [3.63, 3.8) is 0 Å². The van der Waals surface area contributed by atoms with Crippen LogP contribution in [0.25, 0.3) is 0 Å². The first-order valence-corrected chi connectivity index (χ1v) is 13.7. The number of aliphatic imine (C=N–C) groups is 1. The number of fused-ring (bicyclic) bond motifs is 1. The lowest BCUT2D eigenvalue weighted by Gasteiger charge is -2.30. The second-order valence-corrected chi connectivity index (χ2v) is 10.8. The molecule has 0 bridgehead atoms. The number of nitrogens with zero attached hydrogens (tertiary/aromatic N) is 2. The van der Waals surface area contributed by atoms with Gasteiger partial charge in [0.05, 0.1) is 18.0 Å². The summed E-state index contributed by atoms with van der Waals surface area (Å²) in [4.78, 5) is 20.7. The van der Waals surface area contributed by atoms with E-state index < -0.39 is 16.1 Å². The fourth-order valence-electron chi connectivity index (χ4n) is 4.77. The smallest absolute Gasteiger partial charge is 0.263 e. The Bertz CT molecular complexity index is 1190. The second-order valence-electron chi connectivity index (χ2n) is 9.16. The van der Waals surface area contributed by atoms with Crippen molar-refractivity contribution >= 4 is 21.8 Å². The number of amidine groups is 1. The Balaban J connectivity index is 1.58. The fraction of sp³-hybridized carbons (Fsp3) is 0.462. The van der Waals surface area contributed by atoms with Crippen LogP contribution in [0.4, 0.5) is 0 Å². The lowest BCUT2D eigenvalue weighted by atomic mass is 9.98. The van der Waals surface area contributed by atoms with Crippen molar-refractivity contribution in [3.8, 4) is 5.75 Å². The summed E-state index contributed by atoms with van der Waals surface area (Å²) in [6, 6.07) is 13.9. The highest BCUT2D eigenvalue weighted by Crippen LogP contribution is 2.31. The van der Waals surface area contributed by atoms with Crippen LogP contribution in [0.3, 0.4) is 0 Å². The number of hydrogen-bond acceptors (Lipinski definition) is 6. The number of methoxy groups -OCH3 is 1. The molecular formula is C26H34N4O4S. The monoisotopic (exact) mass is 498 g/mol. The van der Waals surface area contributed by atoms with E-state index in [1.54, 1.807) is 31.4 Å². The molecule has 4 rings (SSSR count). The van der Waals surface area contributed by atoms with Crippen LogP contribution >= 0.6 is 0 Å². The molecule has 0 aliphatic carbocycles. The molecule has 1 amide bonds. The molecule has 2 heterocycles. The molecule has 0 saturated carbocycles. The Morgan fingerprint density at radius 2 is 1.83 bits per heavy atom. The predicted molar refractivity (Wildman–Crippen MR) is 136 cm³/mol. The normalized spacial score (nSPS) is 20.6. The zero-order valence-corrected chi connectivity index (χ0v) is 21.3. The van der Waals surface area contributed by atoms with Crippen molar-refractivity contribution in [2.45, 2.75) is 50.1 Å². The van der Waals surface area contributed by atoms with Gasteiger partial charge in [-0.1, -0.05) is 50.6 Å². The van der Waals surface area contributed by atoms with Crippen LogP contribution in [-0.2, 0) is 14.8 Å². The maximum atomic E-state index is 13.5. The molecule has 1 unspecified atom stereocenters. The maximum absolute atomic E-state index is 13.5. The number of rotatable bonds is 9. The fourth-order valence-corrected chi connectivity index (χ4v) is 6.01. The summed E-state index contributed by atoms with van der Waals surface area (Å²) < 4.78 is 33.2. The van der Waals surface area contributed by atoms with E-state index in [-0.39, 0.29) is 28.6 Å². The SMILES string of the molecule is CC[C@H](C)[C@H](N=C1NS(=O)(=O)c2ccccc21)C(=O)NCC(c1ccccc1OC)N1CCCC1. The molecule has 9 heteroatoms. The second kappa shape index (κ2) is 10.8. The van der Waals surface area contributed by atoms with Crippen LogP contribution < -0.4 is 14.8 Å². The molecule has 1 saturated heterocycles. The van der Waals surface area contributed by atoms with Gasteiger partial charge < -0.3 is 10.1 Å². The summed E-state index contributed by atoms with van der Waals surface area (Å²) in [5, 5.41) is 3.12. The van der Waals surface area contributed by atoms with Gasteiger partial charge in [-0.25, -0.2) is 8.42 Å². The molecule has 0 aromatic heterocycles. The van der Waals surface area contributed by atoms with Gasteiger partial charge in [-0.05, 0) is 50.0 Å². The summed E-state index contributed by atoms with van der Waals surface area (Å²) in [7, 11) is -2.01. The quantitative estimate of drug-likeness (QED) is 0.553. The number of hydrogen-bond donors (Lipinski definition) is 2. The van der Waals surface area contributed by atoms with Crippen LogP contribution in [0, 0.1) is 5.92 Å². The van der Waals surface area contributed by atoms with Gasteiger partial charge in [0.15, 0.2) is 0 Å². The minimum Gasteiger partial charge on any atom is -0.496 e. The zero-order chi connectivity index (χ0) is 25.0. The number of benzene rings is 2. The van der Waals surface area contributed by atoms with Gasteiger partial charge in [-0.15, -0.1) is 0 Å². The minimum absolute atomic E-state index is 0.0199. The van der Waals surface area contributed by atoms with E-state index in [9.17, 15) is 13.2 Å². The van der Waals surface area contributed by atoms with Crippen LogP contribution in [0.15, 0.2) is 58.4 Å². The first kappa shape index (κ1) is 25.2. The number of likely N-dealkylation sites (tertiary alicyclic amines) is 1. The molecule has 8 nitrogen and oxygen atoms in total. The third-order valence-electron chi connectivity index (χ3n) is 6.93. The summed E-state index contributed by atoms with van der Waals surface area (Å²) in [6.07, 6.45) is 2.98. The number of carbonyl (C=O) groups excluding carboxylic acids is 1. The van der Waals surface area contributed by atoms with E-state index in [0.29, 0.717) is 12.1 Å². The minimum atomic E-state index is -3.67. The van der Waals surface area contributed by atoms with Gasteiger partial charge in [-0.2, -0.15) is 0 Å². The first-order valence-electron chi connectivity index (χ1n) is 12.2. The zero-order valence-electron chi connectivity index (χ0n) is 20.5. The third kappa shape index (κ3) is 5.36. The standard InChI is InChI=1S/C26H34N4O4S/c1-4-18(2)24(28-25-20-12-6-8-14-23(20)35(32,33)29-25)26(31)27-17-21(30-15-9-10-16-30)19-11-5-7-13-22(19)34-3/h5-8,11-14,18,21,24H,4,9-10,15-17H2,1-3H3,(H,27,31)(H,28,29)/t18-,21?,24-/m0/s1. The molecular weight excluding hydrogens is 464 g/mol. The topological polar surface area (TPSA) is 100 Å². The summed E-state index contributed by atoms with van der Waals surface area (Å²) >= 11 is 0. The number of ether oxygens (including phenoxy) is 1. The van der Waals surface area contributed by atoms with E-state index >= 15 is 0 Å². The molecule has 0 spiro atoms. The molecule has 35 heavy (non-hydrogen) atoms. The van der Waals surface area contributed by atoms with Crippen molar-refractivity contribution in [1.29, 1.82) is 0 Å².